The second-order valence-electron chi connectivity index (χ2n) is 11.6. The average Bonchev–Trinajstić information content (AvgIpc) is 3.71. The van der Waals surface area contributed by atoms with E-state index in [-0.39, 0.29) is 23.7 Å². The van der Waals surface area contributed by atoms with Gasteiger partial charge in [0.2, 0.25) is 5.95 Å². The average molecular weight is 617 g/mol. The van der Waals surface area contributed by atoms with Crippen LogP contribution in [0.2, 0.25) is 0 Å². The summed E-state index contributed by atoms with van der Waals surface area (Å²) in [5, 5.41) is 5.91. The summed E-state index contributed by atoms with van der Waals surface area (Å²) in [6, 6.07) is 11.1. The lowest BCUT2D eigenvalue weighted by molar-refractivity contribution is -0.138. The Hall–Kier alpha value is -4.42. The van der Waals surface area contributed by atoms with Gasteiger partial charge in [-0.05, 0) is 93.7 Å². The molecule has 12 heteroatoms. The van der Waals surface area contributed by atoms with Crippen molar-refractivity contribution in [3.05, 3.63) is 89.6 Å². The van der Waals surface area contributed by atoms with Crippen molar-refractivity contribution in [2.24, 2.45) is 0 Å². The second kappa shape index (κ2) is 13.3. The van der Waals surface area contributed by atoms with E-state index in [1.165, 1.54) is 31.3 Å². The number of carbonyl (C=O) groups is 1. The van der Waals surface area contributed by atoms with Crippen molar-refractivity contribution < 1.29 is 18.0 Å². The van der Waals surface area contributed by atoms with Crippen molar-refractivity contribution >= 4 is 23.2 Å². The number of rotatable bonds is 9. The number of aromatic nitrogens is 4. The number of anilines is 3. The van der Waals surface area contributed by atoms with Crippen molar-refractivity contribution in [2.75, 3.05) is 36.8 Å². The third-order valence-electron chi connectivity index (χ3n) is 8.47. The maximum atomic E-state index is 14.3. The number of aryl methyl sites for hydroxylation is 1. The molecule has 2 saturated heterocycles. The number of hydrogen-bond donors (Lipinski definition) is 2. The summed E-state index contributed by atoms with van der Waals surface area (Å²) < 4.78 is 42.8. The summed E-state index contributed by atoms with van der Waals surface area (Å²) in [5.41, 5.74) is 2.64. The second-order valence-corrected chi connectivity index (χ2v) is 11.6. The van der Waals surface area contributed by atoms with Gasteiger partial charge in [0.15, 0.2) is 0 Å². The van der Waals surface area contributed by atoms with Crippen LogP contribution in [0.1, 0.15) is 52.7 Å². The molecule has 2 aromatic heterocycles. The zero-order chi connectivity index (χ0) is 31.4. The Balaban J connectivity index is 1.16. The fourth-order valence-corrected chi connectivity index (χ4v) is 6.08. The molecule has 0 bridgehead atoms. The monoisotopic (exact) mass is 616 g/mol. The molecule has 234 valence electrons. The van der Waals surface area contributed by atoms with Gasteiger partial charge >= 0.3 is 6.18 Å². The van der Waals surface area contributed by atoms with Gasteiger partial charge in [-0.25, -0.2) is 19.9 Å². The van der Waals surface area contributed by atoms with Gasteiger partial charge in [0.05, 0.1) is 11.3 Å². The lowest BCUT2D eigenvalue weighted by Gasteiger charge is -2.29. The normalized spacial score (nSPS) is 17.5. The number of nitrogens with one attached hydrogen (secondary N) is 2. The van der Waals surface area contributed by atoms with Crippen LogP contribution in [-0.2, 0) is 12.7 Å². The Morgan fingerprint density at radius 3 is 2.58 bits per heavy atom. The van der Waals surface area contributed by atoms with Gasteiger partial charge in [-0.3, -0.25) is 9.69 Å². The summed E-state index contributed by atoms with van der Waals surface area (Å²) in [4.78, 5) is 34.6. The van der Waals surface area contributed by atoms with E-state index in [1.54, 1.807) is 42.9 Å². The van der Waals surface area contributed by atoms with E-state index < -0.39 is 17.6 Å². The third kappa shape index (κ3) is 7.46. The molecule has 0 aliphatic carbocycles. The van der Waals surface area contributed by atoms with Crippen LogP contribution in [-0.4, -0.2) is 67.9 Å². The Bertz CT molecular complexity index is 1640. The van der Waals surface area contributed by atoms with E-state index in [0.29, 0.717) is 23.0 Å². The Morgan fingerprint density at radius 2 is 1.80 bits per heavy atom. The van der Waals surface area contributed by atoms with E-state index in [0.717, 1.165) is 56.2 Å². The highest BCUT2D eigenvalue weighted by Crippen LogP contribution is 2.35. The minimum Gasteiger partial charge on any atom is -0.324 e. The maximum Gasteiger partial charge on any atom is 0.416 e. The van der Waals surface area contributed by atoms with Crippen LogP contribution < -0.4 is 10.6 Å². The van der Waals surface area contributed by atoms with Crippen LogP contribution in [0.5, 0.6) is 0 Å². The number of hydrogen-bond acceptors (Lipinski definition) is 8. The molecule has 2 fully saturated rings. The zero-order valence-corrected chi connectivity index (χ0v) is 25.0. The van der Waals surface area contributed by atoms with Crippen LogP contribution in [0, 0.1) is 6.92 Å². The molecule has 9 nitrogen and oxygen atoms in total. The standard InChI is InChI=1S/C33H35F3N8O/c1-22-6-9-26(16-30(22)42-32-39-11-10-29(41-32)25-17-37-21-38-18-25)40-31(45)23-7-8-24(28(15-23)33(34,35)36)19-44-14-4-5-27(44)20-43-12-2-3-13-43/h6-11,15-18,21,27H,2-5,12-14,19-20H2,1H3,(H,40,45)(H,39,41,42)/t27-/m0/s1. The van der Waals surface area contributed by atoms with Gasteiger partial charge in [-0.15, -0.1) is 0 Å². The molecule has 0 unspecified atom stereocenters. The van der Waals surface area contributed by atoms with Gasteiger partial charge in [0, 0.05) is 60.2 Å². The summed E-state index contributed by atoms with van der Waals surface area (Å²) >= 11 is 0. The highest BCUT2D eigenvalue weighted by molar-refractivity contribution is 6.04. The van der Waals surface area contributed by atoms with E-state index in [2.05, 4.69) is 40.4 Å². The molecule has 1 atom stereocenters. The van der Waals surface area contributed by atoms with Crippen LogP contribution >= 0.6 is 0 Å². The largest absolute Gasteiger partial charge is 0.416 e. The first kappa shape index (κ1) is 30.6. The third-order valence-corrected chi connectivity index (χ3v) is 8.47. The molecular formula is C33H35F3N8O. The van der Waals surface area contributed by atoms with Crippen molar-refractivity contribution in [2.45, 2.75) is 51.4 Å². The topological polar surface area (TPSA) is 99.2 Å². The van der Waals surface area contributed by atoms with E-state index in [1.807, 2.05) is 6.92 Å². The molecule has 4 aromatic rings. The smallest absolute Gasteiger partial charge is 0.324 e. The van der Waals surface area contributed by atoms with Gasteiger partial charge in [-0.1, -0.05) is 12.1 Å². The molecule has 2 aromatic carbocycles. The lowest BCUT2D eigenvalue weighted by atomic mass is 10.0. The molecule has 2 aliphatic rings. The van der Waals surface area contributed by atoms with Crippen molar-refractivity contribution in [1.29, 1.82) is 0 Å². The van der Waals surface area contributed by atoms with Gasteiger partial charge in [0.25, 0.3) is 5.91 Å². The molecule has 2 aliphatic heterocycles. The molecule has 0 spiro atoms. The van der Waals surface area contributed by atoms with Crippen LogP contribution in [0.4, 0.5) is 30.5 Å². The van der Waals surface area contributed by atoms with Crippen molar-refractivity contribution in [1.82, 2.24) is 29.7 Å². The summed E-state index contributed by atoms with van der Waals surface area (Å²) in [7, 11) is 0. The predicted molar refractivity (Wildman–Crippen MR) is 166 cm³/mol. The van der Waals surface area contributed by atoms with Crippen molar-refractivity contribution in [3.63, 3.8) is 0 Å². The van der Waals surface area contributed by atoms with Crippen LogP contribution in [0.25, 0.3) is 11.3 Å². The summed E-state index contributed by atoms with van der Waals surface area (Å²) in [6.45, 7) is 5.89. The number of alkyl halides is 3. The number of likely N-dealkylation sites (tertiary alicyclic amines) is 2. The fraction of sp³-hybridized carbons (Fsp3) is 0.364. The van der Waals surface area contributed by atoms with Crippen LogP contribution in [0.3, 0.4) is 0 Å². The highest BCUT2D eigenvalue weighted by atomic mass is 19.4. The number of benzene rings is 2. The SMILES string of the molecule is Cc1ccc(NC(=O)c2ccc(CN3CCC[C@H]3CN3CCCC3)c(C(F)(F)F)c2)cc1Nc1nccc(-c2cncnc2)n1. The number of carbonyl (C=O) groups excluding carboxylic acids is 1. The summed E-state index contributed by atoms with van der Waals surface area (Å²) in [6.07, 6.45) is 6.09. The minimum atomic E-state index is -4.59. The molecule has 2 N–H and O–H groups in total. The molecule has 4 heterocycles. The molecule has 0 saturated carbocycles. The minimum absolute atomic E-state index is 0.0580. The summed E-state index contributed by atoms with van der Waals surface area (Å²) in [5.74, 6) is -0.300. The first-order valence-electron chi connectivity index (χ1n) is 15.2. The molecule has 1 amide bonds. The van der Waals surface area contributed by atoms with E-state index in [9.17, 15) is 18.0 Å². The Labute approximate surface area is 259 Å². The number of amides is 1. The molecule has 0 radical (unpaired) electrons. The van der Waals surface area contributed by atoms with E-state index in [4.69, 9.17) is 0 Å². The van der Waals surface area contributed by atoms with Gasteiger partial charge in [-0.2, -0.15) is 13.2 Å². The van der Waals surface area contributed by atoms with Crippen molar-refractivity contribution in [3.8, 4) is 11.3 Å². The molecular weight excluding hydrogens is 581 g/mol. The fourth-order valence-electron chi connectivity index (χ4n) is 6.08. The predicted octanol–water partition coefficient (Wildman–Crippen LogP) is 6.32. The maximum absolute atomic E-state index is 14.3. The Morgan fingerprint density at radius 1 is 1.00 bits per heavy atom. The first-order chi connectivity index (χ1) is 21.7. The van der Waals surface area contributed by atoms with E-state index >= 15 is 0 Å². The first-order valence-corrected chi connectivity index (χ1v) is 15.2. The highest BCUT2D eigenvalue weighted by Gasteiger charge is 2.36. The quantitative estimate of drug-likeness (QED) is 0.226. The number of nitrogens with zero attached hydrogens (tertiary/aromatic N) is 6. The lowest BCUT2D eigenvalue weighted by Crippen LogP contribution is -2.39. The van der Waals surface area contributed by atoms with Gasteiger partial charge in [0.1, 0.15) is 6.33 Å². The number of halogens is 3. The zero-order valence-electron chi connectivity index (χ0n) is 25.0. The van der Waals surface area contributed by atoms with Gasteiger partial charge < -0.3 is 15.5 Å². The molecule has 6 rings (SSSR count). The molecule has 45 heavy (non-hydrogen) atoms. The van der Waals surface area contributed by atoms with Crippen LogP contribution in [0.15, 0.2) is 67.4 Å². The Kier molecular flexibility index (Phi) is 9.04.